The van der Waals surface area contributed by atoms with Gasteiger partial charge in [-0.2, -0.15) is 13.2 Å². The molecule has 0 saturated carbocycles. The van der Waals surface area contributed by atoms with Gasteiger partial charge in [0.15, 0.2) is 0 Å². The first-order valence-electron chi connectivity index (χ1n) is 6.53. The fraction of sp³-hybridized carbons (Fsp3) is 0.462. The molecule has 1 atom stereocenters. The van der Waals surface area contributed by atoms with Crippen molar-refractivity contribution in [1.82, 2.24) is 5.32 Å². The van der Waals surface area contributed by atoms with E-state index < -0.39 is 29.7 Å². The second kappa shape index (κ2) is 5.91. The molecule has 2 N–H and O–H groups in total. The molecule has 0 aliphatic heterocycles. The second-order valence-electron chi connectivity index (χ2n) is 4.97. The Hall–Kier alpha value is -2.16. The predicted octanol–water partition coefficient (Wildman–Crippen LogP) is 2.14. The lowest BCUT2D eigenvalue weighted by atomic mass is 9.85. The van der Waals surface area contributed by atoms with Crippen LogP contribution in [0.2, 0.25) is 0 Å². The summed E-state index contributed by atoms with van der Waals surface area (Å²) in [6.45, 7) is -0.539. The standard InChI is InChI=1S/C13H13F3N2O4/c14-13(15,16)12(20)17-10-3-1-2-9-8(10)5-4-7(6-19)11(9)18(21)22/h4-5,10,19H,1-3,6H2,(H,17,20)/t10-/m1/s1. The Balaban J connectivity index is 2.41. The van der Waals surface area contributed by atoms with Gasteiger partial charge in [-0.1, -0.05) is 6.07 Å². The van der Waals surface area contributed by atoms with E-state index in [0.29, 0.717) is 18.4 Å². The number of fused-ring (bicyclic) bond motifs is 1. The van der Waals surface area contributed by atoms with Crippen molar-refractivity contribution in [2.45, 2.75) is 38.1 Å². The number of rotatable bonds is 3. The molecule has 0 heterocycles. The van der Waals surface area contributed by atoms with E-state index in [0.717, 1.165) is 0 Å². The number of amides is 1. The molecule has 0 fully saturated rings. The molecular formula is C13H13F3N2O4. The summed E-state index contributed by atoms with van der Waals surface area (Å²) in [5.41, 5.74) is 0.389. The summed E-state index contributed by atoms with van der Waals surface area (Å²) >= 11 is 0. The number of aliphatic hydroxyl groups is 1. The van der Waals surface area contributed by atoms with Crippen LogP contribution in [0.4, 0.5) is 18.9 Å². The third kappa shape index (κ3) is 3.03. The van der Waals surface area contributed by atoms with Crippen molar-refractivity contribution in [1.29, 1.82) is 0 Å². The highest BCUT2D eigenvalue weighted by Crippen LogP contribution is 2.37. The first-order valence-corrected chi connectivity index (χ1v) is 6.53. The highest BCUT2D eigenvalue weighted by molar-refractivity contribution is 5.82. The van der Waals surface area contributed by atoms with Crippen molar-refractivity contribution in [3.63, 3.8) is 0 Å². The molecule has 0 bridgehead atoms. The molecule has 1 aliphatic rings. The molecule has 2 rings (SSSR count). The molecule has 1 aromatic rings. The number of alkyl halides is 3. The Morgan fingerprint density at radius 3 is 2.68 bits per heavy atom. The smallest absolute Gasteiger partial charge is 0.391 e. The third-order valence-electron chi connectivity index (χ3n) is 3.61. The predicted molar refractivity (Wildman–Crippen MR) is 68.9 cm³/mol. The zero-order valence-corrected chi connectivity index (χ0v) is 11.3. The Morgan fingerprint density at radius 1 is 1.45 bits per heavy atom. The van der Waals surface area contributed by atoms with Crippen LogP contribution in [0.25, 0.3) is 0 Å². The summed E-state index contributed by atoms with van der Waals surface area (Å²) in [4.78, 5) is 21.6. The van der Waals surface area contributed by atoms with Gasteiger partial charge in [-0.05, 0) is 30.9 Å². The van der Waals surface area contributed by atoms with E-state index in [1.807, 2.05) is 5.32 Å². The number of aliphatic hydroxyl groups excluding tert-OH is 1. The summed E-state index contributed by atoms with van der Waals surface area (Å²) in [6, 6.07) is 1.80. The molecule has 1 aliphatic carbocycles. The van der Waals surface area contributed by atoms with Crippen molar-refractivity contribution < 1.29 is 28.0 Å². The number of nitro groups is 1. The van der Waals surface area contributed by atoms with Gasteiger partial charge in [-0.3, -0.25) is 14.9 Å². The first-order chi connectivity index (χ1) is 10.3. The first kappa shape index (κ1) is 16.2. The van der Waals surface area contributed by atoms with Gasteiger partial charge in [0, 0.05) is 5.56 Å². The number of carbonyl (C=O) groups excluding carboxylic acids is 1. The average Bonchev–Trinajstić information content (AvgIpc) is 2.44. The lowest BCUT2D eigenvalue weighted by Gasteiger charge is -2.27. The lowest BCUT2D eigenvalue weighted by Crippen LogP contribution is -2.40. The van der Waals surface area contributed by atoms with Crippen LogP contribution in [0, 0.1) is 10.1 Å². The molecular weight excluding hydrogens is 305 g/mol. The van der Waals surface area contributed by atoms with Crippen LogP contribution >= 0.6 is 0 Å². The zero-order valence-electron chi connectivity index (χ0n) is 11.3. The SMILES string of the molecule is O=C(N[C@@H]1CCCc2c1ccc(CO)c2[N+](=O)[O-])C(F)(F)F. The molecule has 1 amide bonds. The number of carbonyl (C=O) groups is 1. The Bertz CT molecular complexity index is 616. The maximum atomic E-state index is 12.4. The quantitative estimate of drug-likeness (QED) is 0.659. The van der Waals surface area contributed by atoms with Crippen molar-refractivity contribution in [2.24, 2.45) is 0 Å². The molecule has 120 valence electrons. The summed E-state index contributed by atoms with van der Waals surface area (Å²) in [7, 11) is 0. The van der Waals surface area contributed by atoms with Gasteiger partial charge >= 0.3 is 12.1 Å². The van der Waals surface area contributed by atoms with Crippen LogP contribution in [-0.4, -0.2) is 22.1 Å². The summed E-state index contributed by atoms with van der Waals surface area (Å²) < 4.78 is 37.1. The van der Waals surface area contributed by atoms with Gasteiger partial charge in [0.1, 0.15) is 0 Å². The van der Waals surface area contributed by atoms with Crippen LogP contribution in [0.1, 0.15) is 35.6 Å². The minimum absolute atomic E-state index is 0.103. The molecule has 9 heteroatoms. The number of nitrogens with one attached hydrogen (secondary N) is 1. The van der Waals surface area contributed by atoms with Gasteiger partial charge in [0.25, 0.3) is 5.69 Å². The molecule has 6 nitrogen and oxygen atoms in total. The van der Waals surface area contributed by atoms with Crippen molar-refractivity contribution in [2.75, 3.05) is 0 Å². The van der Waals surface area contributed by atoms with E-state index >= 15 is 0 Å². The largest absolute Gasteiger partial charge is 0.471 e. The number of nitro benzene ring substituents is 1. The topological polar surface area (TPSA) is 92.5 Å². The van der Waals surface area contributed by atoms with E-state index in [-0.39, 0.29) is 23.2 Å². The molecule has 22 heavy (non-hydrogen) atoms. The van der Waals surface area contributed by atoms with E-state index in [2.05, 4.69) is 0 Å². The fourth-order valence-electron chi connectivity index (χ4n) is 2.67. The number of hydrogen-bond acceptors (Lipinski definition) is 4. The molecule has 0 unspecified atom stereocenters. The van der Waals surface area contributed by atoms with Crippen molar-refractivity contribution in [3.8, 4) is 0 Å². The monoisotopic (exact) mass is 318 g/mol. The molecule has 1 aromatic carbocycles. The van der Waals surface area contributed by atoms with Crippen LogP contribution in [0.15, 0.2) is 12.1 Å². The lowest BCUT2D eigenvalue weighted by molar-refractivity contribution is -0.386. The third-order valence-corrected chi connectivity index (χ3v) is 3.61. The highest BCUT2D eigenvalue weighted by Gasteiger charge is 2.41. The molecule has 0 aromatic heterocycles. The normalized spacial score (nSPS) is 17.7. The van der Waals surface area contributed by atoms with Crippen LogP contribution < -0.4 is 5.32 Å². The number of hydrogen-bond donors (Lipinski definition) is 2. The number of halogens is 3. The van der Waals surface area contributed by atoms with E-state index in [1.54, 1.807) is 0 Å². The highest BCUT2D eigenvalue weighted by atomic mass is 19.4. The summed E-state index contributed by atoms with van der Waals surface area (Å²) in [5, 5.41) is 22.2. The van der Waals surface area contributed by atoms with E-state index in [4.69, 9.17) is 5.11 Å². The zero-order chi connectivity index (χ0) is 16.5. The Labute approximate surface area is 123 Å². The van der Waals surface area contributed by atoms with Crippen molar-refractivity contribution in [3.05, 3.63) is 38.9 Å². The van der Waals surface area contributed by atoms with Crippen molar-refractivity contribution >= 4 is 11.6 Å². The Morgan fingerprint density at radius 2 is 2.14 bits per heavy atom. The fourth-order valence-corrected chi connectivity index (χ4v) is 2.67. The number of nitrogens with zero attached hydrogens (tertiary/aromatic N) is 1. The van der Waals surface area contributed by atoms with Crippen LogP contribution in [0.3, 0.4) is 0 Å². The van der Waals surface area contributed by atoms with Gasteiger partial charge in [-0.25, -0.2) is 0 Å². The summed E-state index contributed by atoms with van der Waals surface area (Å²) in [6.07, 6.45) is -4.01. The second-order valence-corrected chi connectivity index (χ2v) is 4.97. The van der Waals surface area contributed by atoms with Gasteiger partial charge < -0.3 is 10.4 Å². The van der Waals surface area contributed by atoms with Gasteiger partial charge in [0.05, 0.1) is 23.1 Å². The minimum Gasteiger partial charge on any atom is -0.391 e. The van der Waals surface area contributed by atoms with E-state index in [1.165, 1.54) is 12.1 Å². The summed E-state index contributed by atoms with van der Waals surface area (Å²) in [5.74, 6) is -2.07. The minimum atomic E-state index is -5.01. The molecule has 0 spiro atoms. The van der Waals surface area contributed by atoms with Crippen LogP contribution in [-0.2, 0) is 17.8 Å². The number of benzene rings is 1. The maximum absolute atomic E-state index is 12.4. The average molecular weight is 318 g/mol. The van der Waals surface area contributed by atoms with E-state index in [9.17, 15) is 28.1 Å². The maximum Gasteiger partial charge on any atom is 0.471 e. The Kier molecular flexibility index (Phi) is 4.36. The van der Waals surface area contributed by atoms with Gasteiger partial charge in [-0.15, -0.1) is 0 Å². The molecule has 0 saturated heterocycles. The molecule has 0 radical (unpaired) electrons. The van der Waals surface area contributed by atoms with Gasteiger partial charge in [0.2, 0.25) is 0 Å². The van der Waals surface area contributed by atoms with Crippen LogP contribution in [0.5, 0.6) is 0 Å².